The molecule has 4 rings (SSSR count). The first kappa shape index (κ1) is 38.6. The highest BCUT2D eigenvalue weighted by Crippen LogP contribution is 2.56. The molecule has 3 aliphatic carbocycles. The summed E-state index contributed by atoms with van der Waals surface area (Å²) >= 11 is 0. The SMILES string of the molecule is C=CC(C)(C)OC[C@H]1O[C@H](O[C@@H]2C3=C([C@H](C)COC(C)=O)C[C@H](O)[C@]3(C)/C=C3/[C@@H](COC)CC[C@H]3[C@@H](C)[C@H]2O)[C@H](OC(C)=O)[C@@H](O)[C@@H]1O. The molecule has 4 N–H and O–H groups in total. The molecule has 12 heteroatoms. The van der Waals surface area contributed by atoms with E-state index < -0.39 is 72.0 Å². The maximum absolute atomic E-state index is 12.3. The van der Waals surface area contributed by atoms with E-state index in [0.29, 0.717) is 12.2 Å². The van der Waals surface area contributed by atoms with Crippen molar-refractivity contribution in [2.45, 2.75) is 122 Å². The summed E-state index contributed by atoms with van der Waals surface area (Å²) in [7, 11) is 1.66. The molecule has 13 atom stereocenters. The maximum Gasteiger partial charge on any atom is 0.303 e. The van der Waals surface area contributed by atoms with Crippen molar-refractivity contribution in [3.8, 4) is 0 Å². The fourth-order valence-electron chi connectivity index (χ4n) is 7.87. The molecule has 0 unspecified atom stereocenters. The molecule has 48 heavy (non-hydrogen) atoms. The molecule has 0 bridgehead atoms. The lowest BCUT2D eigenvalue weighted by Gasteiger charge is -2.47. The highest BCUT2D eigenvalue weighted by Gasteiger charge is 2.56. The molecule has 0 amide bonds. The molecular formula is C36H56O12. The molecule has 0 aromatic rings. The third-order valence-corrected chi connectivity index (χ3v) is 10.8. The fourth-order valence-corrected chi connectivity index (χ4v) is 7.87. The second-order valence-electron chi connectivity index (χ2n) is 14.7. The van der Waals surface area contributed by atoms with E-state index in [2.05, 4.69) is 12.7 Å². The monoisotopic (exact) mass is 680 g/mol. The highest BCUT2D eigenvalue weighted by atomic mass is 16.7. The Morgan fingerprint density at radius 3 is 2.40 bits per heavy atom. The van der Waals surface area contributed by atoms with Crippen LogP contribution in [0.25, 0.3) is 0 Å². The van der Waals surface area contributed by atoms with Crippen LogP contribution in [-0.4, -0.2) is 114 Å². The summed E-state index contributed by atoms with van der Waals surface area (Å²) in [4.78, 5) is 24.0. The molecule has 1 heterocycles. The molecular weight excluding hydrogens is 624 g/mol. The van der Waals surface area contributed by atoms with Gasteiger partial charge < -0.3 is 48.8 Å². The fraction of sp³-hybridized carbons (Fsp3) is 0.778. The van der Waals surface area contributed by atoms with Crippen molar-refractivity contribution in [1.29, 1.82) is 0 Å². The molecule has 0 radical (unpaired) electrons. The van der Waals surface area contributed by atoms with Gasteiger partial charge in [-0.25, -0.2) is 0 Å². The normalized spacial score (nSPS) is 40.2. The molecule has 0 aromatic heterocycles. The summed E-state index contributed by atoms with van der Waals surface area (Å²) in [5.74, 6) is -1.73. The summed E-state index contributed by atoms with van der Waals surface area (Å²) in [6, 6.07) is 0. The van der Waals surface area contributed by atoms with E-state index >= 15 is 0 Å². The molecule has 1 aliphatic heterocycles. The van der Waals surface area contributed by atoms with E-state index in [1.807, 2.05) is 20.8 Å². The van der Waals surface area contributed by atoms with E-state index in [-0.39, 0.29) is 43.3 Å². The van der Waals surface area contributed by atoms with Crippen LogP contribution in [0.1, 0.15) is 67.7 Å². The van der Waals surface area contributed by atoms with Crippen LogP contribution in [0.15, 0.2) is 35.5 Å². The van der Waals surface area contributed by atoms with E-state index in [9.17, 15) is 30.0 Å². The molecule has 2 fully saturated rings. The number of fused-ring (bicyclic) bond motifs is 2. The molecule has 4 aliphatic rings. The lowest BCUT2D eigenvalue weighted by atomic mass is 9.68. The summed E-state index contributed by atoms with van der Waals surface area (Å²) in [6.07, 6.45) is -4.56. The second kappa shape index (κ2) is 15.4. The van der Waals surface area contributed by atoms with Gasteiger partial charge in [0.25, 0.3) is 0 Å². The average molecular weight is 681 g/mol. The Labute approximate surface area is 284 Å². The predicted molar refractivity (Wildman–Crippen MR) is 174 cm³/mol. The number of carbonyl (C=O) groups excluding carboxylic acids is 2. The molecule has 0 aromatic carbocycles. The van der Waals surface area contributed by atoms with Gasteiger partial charge in [-0.2, -0.15) is 0 Å². The minimum Gasteiger partial charge on any atom is -0.465 e. The van der Waals surface area contributed by atoms with Crippen molar-refractivity contribution in [3.63, 3.8) is 0 Å². The van der Waals surface area contributed by atoms with Gasteiger partial charge >= 0.3 is 11.9 Å². The average Bonchev–Trinajstić information content (AvgIpc) is 3.52. The summed E-state index contributed by atoms with van der Waals surface area (Å²) < 4.78 is 35.3. The number of aliphatic hydroxyl groups is 4. The Kier molecular flexibility index (Phi) is 12.4. The van der Waals surface area contributed by atoms with Crippen LogP contribution in [0.3, 0.4) is 0 Å². The predicted octanol–water partition coefficient (Wildman–Crippen LogP) is 2.61. The Bertz CT molecular complexity index is 1240. The van der Waals surface area contributed by atoms with E-state index in [1.54, 1.807) is 27.0 Å². The number of aliphatic hydroxyl groups excluding tert-OH is 4. The van der Waals surface area contributed by atoms with Crippen LogP contribution in [0.4, 0.5) is 0 Å². The number of hydrogen-bond acceptors (Lipinski definition) is 12. The summed E-state index contributed by atoms with van der Waals surface area (Å²) in [6.45, 7) is 16.0. The number of rotatable bonds is 12. The zero-order valence-electron chi connectivity index (χ0n) is 29.6. The van der Waals surface area contributed by atoms with Crippen LogP contribution in [0.2, 0.25) is 0 Å². The van der Waals surface area contributed by atoms with Gasteiger partial charge in [0.2, 0.25) is 0 Å². The van der Waals surface area contributed by atoms with Crippen molar-refractivity contribution in [3.05, 3.63) is 35.5 Å². The van der Waals surface area contributed by atoms with Gasteiger partial charge in [-0.15, -0.1) is 6.58 Å². The van der Waals surface area contributed by atoms with Crippen molar-refractivity contribution < 1.29 is 58.4 Å². The lowest BCUT2D eigenvalue weighted by molar-refractivity contribution is -0.321. The molecule has 272 valence electrons. The number of methoxy groups -OCH3 is 1. The number of ether oxygens (including phenoxy) is 6. The van der Waals surface area contributed by atoms with Crippen LogP contribution in [0, 0.1) is 29.1 Å². The van der Waals surface area contributed by atoms with Gasteiger partial charge in [0.05, 0.1) is 37.6 Å². The topological polar surface area (TPSA) is 170 Å². The Morgan fingerprint density at radius 2 is 1.79 bits per heavy atom. The van der Waals surface area contributed by atoms with Gasteiger partial charge in [-0.3, -0.25) is 9.59 Å². The Hall–Kier alpha value is -2.16. The van der Waals surface area contributed by atoms with E-state index in [1.165, 1.54) is 13.8 Å². The van der Waals surface area contributed by atoms with Crippen LogP contribution >= 0.6 is 0 Å². The minimum atomic E-state index is -1.61. The van der Waals surface area contributed by atoms with Crippen LogP contribution < -0.4 is 0 Å². The van der Waals surface area contributed by atoms with Gasteiger partial charge in [0.1, 0.15) is 24.4 Å². The molecule has 1 saturated heterocycles. The Morgan fingerprint density at radius 1 is 1.10 bits per heavy atom. The summed E-state index contributed by atoms with van der Waals surface area (Å²) in [5.41, 5.74) is 0.743. The zero-order valence-corrected chi connectivity index (χ0v) is 29.6. The third-order valence-electron chi connectivity index (χ3n) is 10.8. The smallest absolute Gasteiger partial charge is 0.303 e. The van der Waals surface area contributed by atoms with Crippen molar-refractivity contribution in [2.24, 2.45) is 29.1 Å². The quantitative estimate of drug-likeness (QED) is 0.176. The number of carbonyl (C=O) groups is 2. The van der Waals surface area contributed by atoms with Crippen molar-refractivity contribution in [2.75, 3.05) is 26.9 Å². The molecule has 12 nitrogen and oxygen atoms in total. The highest BCUT2D eigenvalue weighted by molar-refractivity contribution is 5.66. The first-order valence-corrected chi connectivity index (χ1v) is 17.0. The lowest BCUT2D eigenvalue weighted by Crippen LogP contribution is -2.62. The number of hydrogen-bond donors (Lipinski definition) is 4. The second-order valence-corrected chi connectivity index (χ2v) is 14.7. The standard InChI is InChI=1S/C36H56O12/c1-10-35(6,7)45-17-26-30(41)31(42)33(46-21(5)38)34(47-26)48-32-28-24(18(2)15-44-20(4)37)13-27(39)36(28,8)14-25-22(16-43-9)11-12-23(25)19(3)29(32)40/h10,14,18-19,22-23,26-27,29-34,39-42H,1,11-13,15-17H2,2-9H3/b25-14-/t18-,19-,22-,23+,26-,27+,29-,30-,31+,32-,33-,34-,36+/m1/s1. The first-order chi connectivity index (χ1) is 22.4. The number of esters is 2. The molecule has 1 saturated carbocycles. The van der Waals surface area contributed by atoms with Crippen molar-refractivity contribution in [1.82, 2.24) is 0 Å². The minimum absolute atomic E-state index is 0.0226. The molecule has 0 spiro atoms. The summed E-state index contributed by atoms with van der Waals surface area (Å²) in [5, 5.41) is 46.4. The first-order valence-electron chi connectivity index (χ1n) is 17.0. The van der Waals surface area contributed by atoms with Crippen molar-refractivity contribution >= 4 is 11.9 Å². The zero-order chi connectivity index (χ0) is 35.7. The van der Waals surface area contributed by atoms with E-state index in [0.717, 1.165) is 24.0 Å². The third kappa shape index (κ3) is 7.91. The van der Waals surface area contributed by atoms with Crippen LogP contribution in [-0.2, 0) is 38.0 Å². The van der Waals surface area contributed by atoms with Crippen LogP contribution in [0.5, 0.6) is 0 Å². The maximum atomic E-state index is 12.3. The van der Waals surface area contributed by atoms with Gasteiger partial charge in [-0.1, -0.05) is 37.1 Å². The van der Waals surface area contributed by atoms with E-state index in [4.69, 9.17) is 28.4 Å². The van der Waals surface area contributed by atoms with Gasteiger partial charge in [0, 0.05) is 38.2 Å². The Balaban J connectivity index is 1.84. The van der Waals surface area contributed by atoms with Gasteiger partial charge in [0.15, 0.2) is 12.4 Å². The van der Waals surface area contributed by atoms with Gasteiger partial charge in [-0.05, 0) is 57.4 Å². The largest absolute Gasteiger partial charge is 0.465 e.